The summed E-state index contributed by atoms with van der Waals surface area (Å²) in [6.45, 7) is 0. The van der Waals surface area contributed by atoms with Gasteiger partial charge in [-0.3, -0.25) is 9.52 Å². The number of nitrogens with zero attached hydrogens (tertiary/aromatic N) is 1. The van der Waals surface area contributed by atoms with Crippen LogP contribution in [0, 0.1) is 5.82 Å². The maximum atomic E-state index is 13.0. The lowest BCUT2D eigenvalue weighted by Crippen LogP contribution is -2.23. The number of hydrogen-bond donors (Lipinski definition) is 1. The number of anilines is 1. The fourth-order valence-electron chi connectivity index (χ4n) is 1.51. The summed E-state index contributed by atoms with van der Waals surface area (Å²) in [5, 5.41) is 0. The summed E-state index contributed by atoms with van der Waals surface area (Å²) < 4.78 is 40.4. The lowest BCUT2D eigenvalue weighted by Gasteiger charge is -2.08. The third-order valence-electron chi connectivity index (χ3n) is 2.47. The number of halogens is 1. The maximum absolute atomic E-state index is 13.0. The molecule has 0 saturated heterocycles. The minimum absolute atomic E-state index is 0.0886. The van der Waals surface area contributed by atoms with E-state index in [1.165, 1.54) is 42.1 Å². The molecule has 2 rings (SSSR count). The van der Waals surface area contributed by atoms with Crippen LogP contribution < -0.4 is 10.3 Å². The molecule has 0 atom stereocenters. The fraction of sp³-hybridized carbons (Fsp3) is 0.0833. The normalized spacial score (nSPS) is 11.3. The highest BCUT2D eigenvalue weighted by molar-refractivity contribution is 7.92. The van der Waals surface area contributed by atoms with Crippen molar-refractivity contribution in [3.8, 4) is 0 Å². The Morgan fingerprint density at radius 2 is 1.95 bits per heavy atom. The Kier molecular flexibility index (Phi) is 3.39. The Hall–Kier alpha value is -2.15. The van der Waals surface area contributed by atoms with Crippen LogP contribution >= 0.6 is 0 Å². The number of nitrogens with one attached hydrogen (secondary N) is 1. The second kappa shape index (κ2) is 4.85. The SMILES string of the molecule is Cn1cccc(NS(=O)(=O)c2cccc(F)c2)c1=O. The highest BCUT2D eigenvalue weighted by Crippen LogP contribution is 2.14. The van der Waals surface area contributed by atoms with E-state index in [0.29, 0.717) is 0 Å². The van der Waals surface area contributed by atoms with Crippen molar-refractivity contribution in [2.45, 2.75) is 4.90 Å². The second-order valence-corrected chi connectivity index (χ2v) is 5.58. The third-order valence-corrected chi connectivity index (χ3v) is 3.84. The van der Waals surface area contributed by atoms with Crippen molar-refractivity contribution in [1.29, 1.82) is 0 Å². The topological polar surface area (TPSA) is 68.2 Å². The van der Waals surface area contributed by atoms with Crippen LogP contribution in [0.1, 0.15) is 0 Å². The van der Waals surface area contributed by atoms with E-state index in [1.54, 1.807) is 0 Å². The van der Waals surface area contributed by atoms with E-state index in [2.05, 4.69) is 4.72 Å². The van der Waals surface area contributed by atoms with Crippen LogP contribution in [0.4, 0.5) is 10.1 Å². The highest BCUT2D eigenvalue weighted by atomic mass is 32.2. The quantitative estimate of drug-likeness (QED) is 0.923. The summed E-state index contributed by atoms with van der Waals surface area (Å²) in [6, 6.07) is 7.44. The van der Waals surface area contributed by atoms with Crippen molar-refractivity contribution in [3.05, 3.63) is 58.8 Å². The molecular weight excluding hydrogens is 271 g/mol. The molecule has 0 fully saturated rings. The van der Waals surface area contributed by atoms with Crippen LogP contribution in [-0.2, 0) is 17.1 Å². The van der Waals surface area contributed by atoms with E-state index >= 15 is 0 Å². The Bertz CT molecular complexity index is 769. The van der Waals surface area contributed by atoms with Crippen LogP contribution in [0.2, 0.25) is 0 Å². The van der Waals surface area contributed by atoms with Gasteiger partial charge in [0.25, 0.3) is 15.6 Å². The van der Waals surface area contributed by atoms with Gasteiger partial charge in [-0.2, -0.15) is 0 Å². The molecule has 0 aliphatic rings. The third kappa shape index (κ3) is 2.82. The number of hydrogen-bond acceptors (Lipinski definition) is 3. The molecule has 1 N–H and O–H groups in total. The van der Waals surface area contributed by atoms with Crippen molar-refractivity contribution < 1.29 is 12.8 Å². The Labute approximate surface area is 109 Å². The van der Waals surface area contributed by atoms with Crippen LogP contribution in [0.15, 0.2) is 52.3 Å². The molecule has 0 bridgehead atoms. The molecule has 1 aromatic carbocycles. The average Bonchev–Trinajstić information content (AvgIpc) is 2.35. The predicted molar refractivity (Wildman–Crippen MR) is 68.9 cm³/mol. The van der Waals surface area contributed by atoms with Gasteiger partial charge in [-0.25, -0.2) is 12.8 Å². The molecule has 0 unspecified atom stereocenters. The molecule has 0 spiro atoms. The van der Waals surface area contributed by atoms with Gasteiger partial charge in [0, 0.05) is 13.2 Å². The summed E-state index contributed by atoms with van der Waals surface area (Å²) in [7, 11) is -2.48. The van der Waals surface area contributed by atoms with Gasteiger partial charge >= 0.3 is 0 Å². The van der Waals surface area contributed by atoms with Crippen LogP contribution in [0.5, 0.6) is 0 Å². The summed E-state index contributed by atoms with van der Waals surface area (Å²) >= 11 is 0. The molecular formula is C12H11FN2O3S. The molecule has 19 heavy (non-hydrogen) atoms. The largest absolute Gasteiger partial charge is 0.317 e. The molecule has 1 aromatic heterocycles. The lowest BCUT2D eigenvalue weighted by molar-refractivity contribution is 0.595. The molecule has 0 aliphatic heterocycles. The number of sulfonamides is 1. The first-order valence-electron chi connectivity index (χ1n) is 5.34. The van der Waals surface area contributed by atoms with Gasteiger partial charge in [0.2, 0.25) is 0 Å². The van der Waals surface area contributed by atoms with Crippen molar-refractivity contribution in [2.24, 2.45) is 7.05 Å². The lowest BCUT2D eigenvalue weighted by atomic mass is 10.4. The molecule has 7 heteroatoms. The van der Waals surface area contributed by atoms with E-state index in [9.17, 15) is 17.6 Å². The van der Waals surface area contributed by atoms with E-state index < -0.39 is 21.4 Å². The van der Waals surface area contributed by atoms with Crippen molar-refractivity contribution in [1.82, 2.24) is 4.57 Å². The number of rotatable bonds is 3. The zero-order valence-electron chi connectivity index (χ0n) is 10.00. The van der Waals surface area contributed by atoms with E-state index in [4.69, 9.17) is 0 Å². The van der Waals surface area contributed by atoms with E-state index in [1.807, 2.05) is 0 Å². The molecule has 1 heterocycles. The number of benzene rings is 1. The molecule has 0 radical (unpaired) electrons. The first-order chi connectivity index (χ1) is 8.90. The smallest absolute Gasteiger partial charge is 0.274 e. The van der Waals surface area contributed by atoms with Gasteiger partial charge in [0.05, 0.1) is 4.90 Å². The number of aromatic nitrogens is 1. The predicted octanol–water partition coefficient (Wildman–Crippen LogP) is 1.33. The van der Waals surface area contributed by atoms with Crippen molar-refractivity contribution in [3.63, 3.8) is 0 Å². The van der Waals surface area contributed by atoms with E-state index in [-0.39, 0.29) is 10.6 Å². The van der Waals surface area contributed by atoms with Gasteiger partial charge in [-0.15, -0.1) is 0 Å². The van der Waals surface area contributed by atoms with Gasteiger partial charge in [0.1, 0.15) is 11.5 Å². The Morgan fingerprint density at radius 3 is 2.63 bits per heavy atom. The van der Waals surface area contributed by atoms with Gasteiger partial charge < -0.3 is 4.57 Å². The minimum Gasteiger partial charge on any atom is -0.317 e. The van der Waals surface area contributed by atoms with Crippen molar-refractivity contribution in [2.75, 3.05) is 4.72 Å². The molecule has 0 aliphatic carbocycles. The van der Waals surface area contributed by atoms with Gasteiger partial charge in [0.15, 0.2) is 0 Å². The summed E-state index contributed by atoms with van der Waals surface area (Å²) in [5.41, 5.74) is -0.572. The molecule has 100 valence electrons. The fourth-order valence-corrected chi connectivity index (χ4v) is 2.60. The summed E-state index contributed by atoms with van der Waals surface area (Å²) in [6.07, 6.45) is 1.50. The monoisotopic (exact) mass is 282 g/mol. The van der Waals surface area contributed by atoms with Crippen LogP contribution in [0.25, 0.3) is 0 Å². The maximum Gasteiger partial charge on any atom is 0.274 e. The zero-order valence-corrected chi connectivity index (χ0v) is 10.8. The van der Waals surface area contributed by atoms with E-state index in [0.717, 1.165) is 12.1 Å². The van der Waals surface area contributed by atoms with Gasteiger partial charge in [-0.05, 0) is 30.3 Å². The Balaban J connectivity index is 2.42. The first-order valence-corrected chi connectivity index (χ1v) is 6.82. The molecule has 0 amide bonds. The van der Waals surface area contributed by atoms with Crippen LogP contribution in [-0.4, -0.2) is 13.0 Å². The van der Waals surface area contributed by atoms with Crippen molar-refractivity contribution >= 4 is 15.7 Å². The Morgan fingerprint density at radius 1 is 1.21 bits per heavy atom. The number of aryl methyl sites for hydroxylation is 1. The summed E-state index contributed by atoms with van der Waals surface area (Å²) in [5.74, 6) is -0.663. The first kappa shape index (κ1) is 13.3. The molecule has 0 saturated carbocycles. The standard InChI is InChI=1S/C12H11FN2O3S/c1-15-7-3-6-11(12(15)16)14-19(17,18)10-5-2-4-9(13)8-10/h2-8,14H,1H3. The average molecular weight is 282 g/mol. The van der Waals surface area contributed by atoms with Crippen LogP contribution in [0.3, 0.4) is 0 Å². The molecule has 5 nitrogen and oxygen atoms in total. The highest BCUT2D eigenvalue weighted by Gasteiger charge is 2.16. The summed E-state index contributed by atoms with van der Waals surface area (Å²) in [4.78, 5) is 11.5. The minimum atomic E-state index is -3.98. The van der Waals surface area contributed by atoms with Gasteiger partial charge in [-0.1, -0.05) is 6.07 Å². The zero-order chi connectivity index (χ0) is 14.0. The molecule has 2 aromatic rings. The second-order valence-electron chi connectivity index (χ2n) is 3.90. The number of pyridine rings is 1.